The summed E-state index contributed by atoms with van der Waals surface area (Å²) in [5.41, 5.74) is 5.77. The van der Waals surface area contributed by atoms with Crippen molar-refractivity contribution in [3.05, 3.63) is 70.8 Å². The van der Waals surface area contributed by atoms with Crippen molar-refractivity contribution in [2.45, 2.75) is 58.5 Å². The zero-order chi connectivity index (χ0) is 16.2. The molecule has 0 radical (unpaired) electrons. The average Bonchev–Trinajstić information content (AvgIpc) is 3.37. The van der Waals surface area contributed by atoms with Gasteiger partial charge in [0.2, 0.25) is 0 Å². The van der Waals surface area contributed by atoms with Gasteiger partial charge in [-0.05, 0) is 60.3 Å². The lowest BCUT2D eigenvalue weighted by atomic mass is 9.93. The monoisotopic (exact) mass is 307 g/mol. The molecule has 0 aliphatic heterocycles. The fourth-order valence-corrected chi connectivity index (χ4v) is 3.38. The van der Waals surface area contributed by atoms with Gasteiger partial charge in [0.25, 0.3) is 0 Å². The Hall–Kier alpha value is -1.60. The van der Waals surface area contributed by atoms with Crippen LogP contribution in [0.5, 0.6) is 0 Å². The van der Waals surface area contributed by atoms with Gasteiger partial charge in [0.1, 0.15) is 0 Å². The van der Waals surface area contributed by atoms with E-state index in [2.05, 4.69) is 74.6 Å². The van der Waals surface area contributed by atoms with Crippen molar-refractivity contribution in [2.24, 2.45) is 5.92 Å². The van der Waals surface area contributed by atoms with Crippen molar-refractivity contribution in [2.75, 3.05) is 0 Å². The molecule has 0 heterocycles. The lowest BCUT2D eigenvalue weighted by Gasteiger charge is -2.23. The van der Waals surface area contributed by atoms with Crippen LogP contribution >= 0.6 is 0 Å². The molecular weight excluding hydrogens is 278 g/mol. The van der Waals surface area contributed by atoms with Gasteiger partial charge in [0.15, 0.2) is 0 Å². The van der Waals surface area contributed by atoms with Crippen LogP contribution in [0, 0.1) is 12.8 Å². The Morgan fingerprint density at radius 2 is 1.83 bits per heavy atom. The standard InChI is InChI=1S/C22H29N/c1-16(2)13-22(21-10-5-4-7-17(21)3)23-15-18-8-6-9-20(14-18)19-11-12-19/h4-10,14,16,19,22-23H,11-13,15H2,1-3H3. The van der Waals surface area contributed by atoms with Crippen LogP contribution in [0.3, 0.4) is 0 Å². The molecule has 0 saturated heterocycles. The van der Waals surface area contributed by atoms with E-state index in [1.54, 1.807) is 0 Å². The zero-order valence-corrected chi connectivity index (χ0v) is 14.7. The number of rotatable bonds is 7. The molecule has 122 valence electrons. The van der Waals surface area contributed by atoms with Crippen LogP contribution in [0.15, 0.2) is 48.5 Å². The van der Waals surface area contributed by atoms with Crippen molar-refractivity contribution in [1.29, 1.82) is 0 Å². The SMILES string of the molecule is Cc1ccccc1C(CC(C)C)NCc1cccc(C2CC2)c1. The lowest BCUT2D eigenvalue weighted by molar-refractivity contribution is 0.427. The Labute approximate surface area is 141 Å². The molecule has 1 atom stereocenters. The minimum Gasteiger partial charge on any atom is -0.306 e. The first-order chi connectivity index (χ1) is 11.1. The third kappa shape index (κ3) is 4.45. The Morgan fingerprint density at radius 1 is 1.04 bits per heavy atom. The highest BCUT2D eigenvalue weighted by molar-refractivity contribution is 5.31. The predicted molar refractivity (Wildman–Crippen MR) is 98.6 cm³/mol. The minimum absolute atomic E-state index is 0.431. The van der Waals surface area contributed by atoms with Crippen LogP contribution in [-0.4, -0.2) is 0 Å². The molecule has 1 fully saturated rings. The molecule has 1 unspecified atom stereocenters. The summed E-state index contributed by atoms with van der Waals surface area (Å²) in [6.45, 7) is 7.78. The van der Waals surface area contributed by atoms with Crippen molar-refractivity contribution < 1.29 is 0 Å². The number of hydrogen-bond acceptors (Lipinski definition) is 1. The second-order valence-electron chi connectivity index (χ2n) is 7.44. The summed E-state index contributed by atoms with van der Waals surface area (Å²) in [5, 5.41) is 3.81. The maximum Gasteiger partial charge on any atom is 0.0328 e. The minimum atomic E-state index is 0.431. The van der Waals surface area contributed by atoms with E-state index in [0.29, 0.717) is 12.0 Å². The normalized spacial score (nSPS) is 15.8. The molecule has 23 heavy (non-hydrogen) atoms. The molecule has 1 aliphatic rings. The molecule has 1 N–H and O–H groups in total. The summed E-state index contributed by atoms with van der Waals surface area (Å²) < 4.78 is 0. The molecule has 0 aromatic heterocycles. The van der Waals surface area contributed by atoms with E-state index in [1.807, 2.05) is 0 Å². The smallest absolute Gasteiger partial charge is 0.0328 e. The molecule has 1 aliphatic carbocycles. The second-order valence-corrected chi connectivity index (χ2v) is 7.44. The number of aryl methyl sites for hydroxylation is 1. The third-order valence-electron chi connectivity index (χ3n) is 4.82. The fourth-order valence-electron chi connectivity index (χ4n) is 3.38. The highest BCUT2D eigenvalue weighted by atomic mass is 14.9. The van der Waals surface area contributed by atoms with Crippen LogP contribution < -0.4 is 5.32 Å². The van der Waals surface area contributed by atoms with Crippen LogP contribution in [0.2, 0.25) is 0 Å². The van der Waals surface area contributed by atoms with Gasteiger partial charge >= 0.3 is 0 Å². The van der Waals surface area contributed by atoms with E-state index in [9.17, 15) is 0 Å². The Balaban J connectivity index is 1.71. The summed E-state index contributed by atoms with van der Waals surface area (Å²) in [6, 6.07) is 18.4. The largest absolute Gasteiger partial charge is 0.306 e. The Morgan fingerprint density at radius 3 is 2.52 bits per heavy atom. The summed E-state index contributed by atoms with van der Waals surface area (Å²) >= 11 is 0. The van der Waals surface area contributed by atoms with Crippen molar-refractivity contribution in [3.63, 3.8) is 0 Å². The number of nitrogens with one attached hydrogen (secondary N) is 1. The molecule has 0 amide bonds. The van der Waals surface area contributed by atoms with Gasteiger partial charge in [-0.25, -0.2) is 0 Å². The first-order valence-electron chi connectivity index (χ1n) is 9.01. The number of hydrogen-bond donors (Lipinski definition) is 1. The highest BCUT2D eigenvalue weighted by Gasteiger charge is 2.23. The van der Waals surface area contributed by atoms with Gasteiger partial charge in [-0.2, -0.15) is 0 Å². The zero-order valence-electron chi connectivity index (χ0n) is 14.7. The van der Waals surface area contributed by atoms with Crippen LogP contribution in [0.4, 0.5) is 0 Å². The summed E-state index contributed by atoms with van der Waals surface area (Å²) in [5.74, 6) is 1.52. The van der Waals surface area contributed by atoms with Gasteiger partial charge in [-0.3, -0.25) is 0 Å². The van der Waals surface area contributed by atoms with E-state index in [1.165, 1.54) is 41.5 Å². The topological polar surface area (TPSA) is 12.0 Å². The lowest BCUT2D eigenvalue weighted by Crippen LogP contribution is -2.23. The molecule has 2 aromatic rings. The maximum absolute atomic E-state index is 3.81. The van der Waals surface area contributed by atoms with Gasteiger partial charge in [0, 0.05) is 12.6 Å². The van der Waals surface area contributed by atoms with Gasteiger partial charge in [-0.15, -0.1) is 0 Å². The molecular formula is C22H29N. The average molecular weight is 307 g/mol. The van der Waals surface area contributed by atoms with Gasteiger partial charge in [0.05, 0.1) is 0 Å². The van der Waals surface area contributed by atoms with E-state index in [4.69, 9.17) is 0 Å². The summed E-state index contributed by atoms with van der Waals surface area (Å²) in [4.78, 5) is 0. The highest BCUT2D eigenvalue weighted by Crippen LogP contribution is 2.40. The first kappa shape index (κ1) is 16.3. The van der Waals surface area contributed by atoms with Crippen molar-refractivity contribution in [1.82, 2.24) is 5.32 Å². The van der Waals surface area contributed by atoms with E-state index < -0.39 is 0 Å². The molecule has 1 heteroatoms. The van der Waals surface area contributed by atoms with Crippen molar-refractivity contribution in [3.8, 4) is 0 Å². The quantitative estimate of drug-likeness (QED) is 0.687. The van der Waals surface area contributed by atoms with E-state index in [-0.39, 0.29) is 0 Å². The van der Waals surface area contributed by atoms with Crippen LogP contribution in [0.1, 0.15) is 67.3 Å². The molecule has 0 bridgehead atoms. The molecule has 3 rings (SSSR count). The Bertz CT molecular complexity index is 640. The van der Waals surface area contributed by atoms with E-state index >= 15 is 0 Å². The molecule has 0 spiro atoms. The van der Waals surface area contributed by atoms with Gasteiger partial charge in [-0.1, -0.05) is 62.4 Å². The summed E-state index contributed by atoms with van der Waals surface area (Å²) in [6.07, 6.45) is 3.92. The summed E-state index contributed by atoms with van der Waals surface area (Å²) in [7, 11) is 0. The van der Waals surface area contributed by atoms with Crippen LogP contribution in [0.25, 0.3) is 0 Å². The fraction of sp³-hybridized carbons (Fsp3) is 0.455. The molecule has 2 aromatic carbocycles. The molecule has 1 nitrogen and oxygen atoms in total. The van der Waals surface area contributed by atoms with Crippen LogP contribution in [-0.2, 0) is 6.54 Å². The maximum atomic E-state index is 3.81. The Kier molecular flexibility index (Phi) is 5.17. The second kappa shape index (κ2) is 7.31. The molecule has 1 saturated carbocycles. The van der Waals surface area contributed by atoms with E-state index in [0.717, 1.165) is 12.5 Å². The first-order valence-corrected chi connectivity index (χ1v) is 9.01. The van der Waals surface area contributed by atoms with Gasteiger partial charge < -0.3 is 5.32 Å². The van der Waals surface area contributed by atoms with Crippen molar-refractivity contribution >= 4 is 0 Å². The third-order valence-corrected chi connectivity index (χ3v) is 4.82. The predicted octanol–water partition coefficient (Wildman–Crippen LogP) is 5.75. The number of benzene rings is 2.